The lowest BCUT2D eigenvalue weighted by Crippen LogP contribution is -2.19. The van der Waals surface area contributed by atoms with Gasteiger partial charge in [-0.3, -0.25) is 0 Å². The van der Waals surface area contributed by atoms with E-state index in [1.165, 1.54) is 5.56 Å². The zero-order chi connectivity index (χ0) is 19.5. The Kier molecular flexibility index (Phi) is 5.33. The number of aromatic nitrogens is 2. The maximum Gasteiger partial charge on any atom is 0.127 e. The number of nitrogens with two attached hydrogens (primary N) is 1. The van der Waals surface area contributed by atoms with Gasteiger partial charge in [0.1, 0.15) is 11.6 Å². The first-order chi connectivity index (χ1) is 13.6. The van der Waals surface area contributed by atoms with Crippen molar-refractivity contribution in [3.63, 3.8) is 0 Å². The minimum absolute atomic E-state index is 0.222. The van der Waals surface area contributed by atoms with Crippen LogP contribution in [0.3, 0.4) is 0 Å². The second-order valence-electron chi connectivity index (χ2n) is 6.84. The van der Waals surface area contributed by atoms with E-state index >= 15 is 0 Å². The van der Waals surface area contributed by atoms with Crippen molar-refractivity contribution in [3.05, 3.63) is 94.8 Å². The Balaban J connectivity index is 1.77. The van der Waals surface area contributed by atoms with E-state index in [9.17, 15) is 0 Å². The van der Waals surface area contributed by atoms with Gasteiger partial charge < -0.3 is 15.0 Å². The monoisotopic (exact) mass is 391 g/mol. The Hall–Kier alpha value is -2.82. The van der Waals surface area contributed by atoms with Crippen LogP contribution in [0.25, 0.3) is 11.0 Å². The molecule has 0 saturated heterocycles. The summed E-state index contributed by atoms with van der Waals surface area (Å²) >= 11 is 6.19. The van der Waals surface area contributed by atoms with Crippen LogP contribution in [0, 0.1) is 0 Å². The Morgan fingerprint density at radius 3 is 2.54 bits per heavy atom. The van der Waals surface area contributed by atoms with Crippen molar-refractivity contribution >= 4 is 22.6 Å². The van der Waals surface area contributed by atoms with Crippen molar-refractivity contribution in [1.29, 1.82) is 0 Å². The summed E-state index contributed by atoms with van der Waals surface area (Å²) in [7, 11) is 1.67. The molecule has 0 radical (unpaired) electrons. The smallest absolute Gasteiger partial charge is 0.127 e. The molecular weight excluding hydrogens is 370 g/mol. The average molecular weight is 392 g/mol. The van der Waals surface area contributed by atoms with Crippen LogP contribution in [-0.2, 0) is 13.0 Å². The Labute approximate surface area is 169 Å². The summed E-state index contributed by atoms with van der Waals surface area (Å²) in [4.78, 5) is 4.85. The molecule has 142 valence electrons. The van der Waals surface area contributed by atoms with E-state index in [0.717, 1.165) is 39.6 Å². The first-order valence-corrected chi connectivity index (χ1v) is 9.60. The molecule has 0 amide bonds. The minimum atomic E-state index is -0.222. The zero-order valence-electron chi connectivity index (χ0n) is 15.7. The van der Waals surface area contributed by atoms with E-state index in [-0.39, 0.29) is 6.04 Å². The zero-order valence-corrected chi connectivity index (χ0v) is 16.4. The average Bonchev–Trinajstić information content (AvgIpc) is 3.06. The van der Waals surface area contributed by atoms with Gasteiger partial charge in [-0.05, 0) is 41.8 Å². The standard InChI is InChI=1S/C23H22ClN3O/c1-28-19-10-11-21-22(14-19)27(15-17-8-5-9-18(24)12-17)23(26-21)20(25)13-16-6-3-2-4-7-16/h2-12,14,20H,13,15,25H2,1H3. The van der Waals surface area contributed by atoms with Gasteiger partial charge in [0, 0.05) is 17.6 Å². The van der Waals surface area contributed by atoms with Crippen molar-refractivity contribution in [2.24, 2.45) is 5.73 Å². The molecule has 1 heterocycles. The van der Waals surface area contributed by atoms with Crippen molar-refractivity contribution in [2.75, 3.05) is 7.11 Å². The second kappa shape index (κ2) is 8.05. The Bertz CT molecular complexity index is 1090. The van der Waals surface area contributed by atoms with Gasteiger partial charge in [0.2, 0.25) is 0 Å². The van der Waals surface area contributed by atoms with E-state index in [2.05, 4.69) is 22.8 Å². The van der Waals surface area contributed by atoms with E-state index in [1.807, 2.05) is 54.6 Å². The fourth-order valence-corrected chi connectivity index (χ4v) is 3.69. The number of ether oxygens (including phenoxy) is 1. The highest BCUT2D eigenvalue weighted by Gasteiger charge is 2.18. The molecule has 0 bridgehead atoms. The highest BCUT2D eigenvalue weighted by Crippen LogP contribution is 2.27. The molecule has 1 unspecified atom stereocenters. The number of hydrogen-bond acceptors (Lipinski definition) is 3. The molecule has 2 N–H and O–H groups in total. The topological polar surface area (TPSA) is 53.1 Å². The molecule has 4 aromatic rings. The molecule has 1 aromatic heterocycles. The van der Waals surface area contributed by atoms with Crippen LogP contribution >= 0.6 is 11.6 Å². The van der Waals surface area contributed by atoms with Crippen LogP contribution in [-0.4, -0.2) is 16.7 Å². The van der Waals surface area contributed by atoms with Crippen LogP contribution in [0.5, 0.6) is 5.75 Å². The molecule has 0 aliphatic rings. The van der Waals surface area contributed by atoms with Gasteiger partial charge in [-0.2, -0.15) is 0 Å². The summed E-state index contributed by atoms with van der Waals surface area (Å²) in [5.74, 6) is 1.65. The van der Waals surface area contributed by atoms with E-state index in [1.54, 1.807) is 7.11 Å². The summed E-state index contributed by atoms with van der Waals surface area (Å²) in [6.07, 6.45) is 0.719. The molecule has 0 spiro atoms. The number of benzene rings is 3. The lowest BCUT2D eigenvalue weighted by molar-refractivity contribution is 0.415. The Morgan fingerprint density at radius 1 is 1.00 bits per heavy atom. The maximum absolute atomic E-state index is 6.61. The molecule has 0 aliphatic carbocycles. The largest absolute Gasteiger partial charge is 0.497 e. The van der Waals surface area contributed by atoms with Gasteiger partial charge in [-0.25, -0.2) is 4.98 Å². The summed E-state index contributed by atoms with van der Waals surface area (Å²) in [6, 6.07) is 23.8. The summed E-state index contributed by atoms with van der Waals surface area (Å²) in [5, 5.41) is 0.717. The van der Waals surface area contributed by atoms with Gasteiger partial charge in [0.25, 0.3) is 0 Å². The quantitative estimate of drug-likeness (QED) is 0.503. The van der Waals surface area contributed by atoms with Gasteiger partial charge >= 0.3 is 0 Å². The number of methoxy groups -OCH3 is 1. The third-order valence-corrected chi connectivity index (χ3v) is 5.08. The molecule has 1 atom stereocenters. The summed E-state index contributed by atoms with van der Waals surface area (Å²) in [6.45, 7) is 0.641. The van der Waals surface area contributed by atoms with Crippen LogP contribution in [0.2, 0.25) is 5.02 Å². The number of fused-ring (bicyclic) bond motifs is 1. The molecule has 5 heteroatoms. The van der Waals surface area contributed by atoms with Crippen LogP contribution < -0.4 is 10.5 Å². The number of nitrogens with zero attached hydrogens (tertiary/aromatic N) is 2. The second-order valence-corrected chi connectivity index (χ2v) is 7.27. The molecule has 28 heavy (non-hydrogen) atoms. The third-order valence-electron chi connectivity index (χ3n) is 4.84. The Morgan fingerprint density at radius 2 is 1.79 bits per heavy atom. The molecule has 0 saturated carbocycles. The van der Waals surface area contributed by atoms with E-state index < -0.39 is 0 Å². The number of rotatable bonds is 6. The first-order valence-electron chi connectivity index (χ1n) is 9.22. The molecule has 0 fully saturated rings. The van der Waals surface area contributed by atoms with Crippen LogP contribution in [0.4, 0.5) is 0 Å². The van der Waals surface area contributed by atoms with Crippen LogP contribution in [0.1, 0.15) is 23.0 Å². The lowest BCUT2D eigenvalue weighted by Gasteiger charge is -2.15. The SMILES string of the molecule is COc1ccc2nc(C(N)Cc3ccccc3)n(Cc3cccc(Cl)c3)c2c1. The van der Waals surface area contributed by atoms with Crippen molar-refractivity contribution in [2.45, 2.75) is 19.0 Å². The predicted octanol–water partition coefficient (Wildman–Crippen LogP) is 4.99. The van der Waals surface area contributed by atoms with Gasteiger partial charge in [0.15, 0.2) is 0 Å². The molecule has 3 aromatic carbocycles. The number of imidazole rings is 1. The van der Waals surface area contributed by atoms with Gasteiger partial charge in [0.05, 0.1) is 24.2 Å². The maximum atomic E-state index is 6.61. The summed E-state index contributed by atoms with van der Waals surface area (Å²) in [5.41, 5.74) is 10.8. The predicted molar refractivity (Wildman–Crippen MR) is 114 cm³/mol. The molecule has 0 aliphatic heterocycles. The van der Waals surface area contributed by atoms with E-state index in [0.29, 0.717) is 6.54 Å². The van der Waals surface area contributed by atoms with Gasteiger partial charge in [-0.15, -0.1) is 0 Å². The first kappa shape index (κ1) is 18.5. The number of halogens is 1. The fraction of sp³-hybridized carbons (Fsp3) is 0.174. The molecule has 4 rings (SSSR count). The van der Waals surface area contributed by atoms with Crippen molar-refractivity contribution in [1.82, 2.24) is 9.55 Å². The minimum Gasteiger partial charge on any atom is -0.497 e. The highest BCUT2D eigenvalue weighted by atomic mass is 35.5. The van der Waals surface area contributed by atoms with Crippen molar-refractivity contribution < 1.29 is 4.74 Å². The fourth-order valence-electron chi connectivity index (χ4n) is 3.47. The summed E-state index contributed by atoms with van der Waals surface area (Å²) < 4.78 is 7.58. The third kappa shape index (κ3) is 3.88. The van der Waals surface area contributed by atoms with Gasteiger partial charge in [-0.1, -0.05) is 54.1 Å². The normalized spacial score (nSPS) is 12.2. The van der Waals surface area contributed by atoms with Crippen LogP contribution in [0.15, 0.2) is 72.8 Å². The van der Waals surface area contributed by atoms with Crippen molar-refractivity contribution in [3.8, 4) is 5.75 Å². The highest BCUT2D eigenvalue weighted by molar-refractivity contribution is 6.30. The lowest BCUT2D eigenvalue weighted by atomic mass is 10.1. The molecule has 4 nitrogen and oxygen atoms in total. The number of hydrogen-bond donors (Lipinski definition) is 1. The molecular formula is C23H22ClN3O. The van der Waals surface area contributed by atoms with E-state index in [4.69, 9.17) is 27.1 Å².